The predicted molar refractivity (Wildman–Crippen MR) is 63.4 cm³/mol. The van der Waals surface area contributed by atoms with Crippen molar-refractivity contribution in [2.45, 2.75) is 13.0 Å². The van der Waals surface area contributed by atoms with E-state index in [2.05, 4.69) is 15.3 Å². The van der Waals surface area contributed by atoms with E-state index in [1.54, 1.807) is 17.5 Å². The Morgan fingerprint density at radius 2 is 2.00 bits per heavy atom. The van der Waals surface area contributed by atoms with Crippen LogP contribution in [0, 0.1) is 0 Å². The third kappa shape index (κ3) is 1.60. The molecule has 0 aliphatic heterocycles. The molecule has 5 heteroatoms. The highest BCUT2D eigenvalue weighted by Crippen LogP contribution is 2.19. The minimum absolute atomic E-state index is 0.541. The van der Waals surface area contributed by atoms with Gasteiger partial charge in [0, 0.05) is 11.6 Å². The second-order valence-electron chi connectivity index (χ2n) is 3.97. The van der Waals surface area contributed by atoms with Crippen LogP contribution in [0.1, 0.15) is 18.7 Å². The van der Waals surface area contributed by atoms with Gasteiger partial charge in [-0.3, -0.25) is 5.10 Å². The summed E-state index contributed by atoms with van der Waals surface area (Å²) < 4.78 is 1.78. The zero-order chi connectivity index (χ0) is 11.8. The quantitative estimate of drug-likeness (QED) is 0.702. The molecule has 2 heterocycles. The molecule has 1 aromatic carbocycles. The third-order valence-corrected chi connectivity index (χ3v) is 2.70. The number of hydrogen-bond donors (Lipinski definition) is 2. The van der Waals surface area contributed by atoms with Crippen molar-refractivity contribution in [3.63, 3.8) is 0 Å². The summed E-state index contributed by atoms with van der Waals surface area (Å²) in [6.07, 6.45) is -0.541. The van der Waals surface area contributed by atoms with Gasteiger partial charge in [0.2, 0.25) is 0 Å². The Labute approximate surface area is 97.7 Å². The first-order valence-corrected chi connectivity index (χ1v) is 5.43. The van der Waals surface area contributed by atoms with Crippen molar-refractivity contribution in [3.05, 3.63) is 42.1 Å². The minimum Gasteiger partial charge on any atom is -0.387 e. The zero-order valence-corrected chi connectivity index (χ0v) is 9.33. The Morgan fingerprint density at radius 3 is 2.71 bits per heavy atom. The van der Waals surface area contributed by atoms with Crippen LogP contribution in [0.5, 0.6) is 0 Å². The molecule has 3 rings (SSSR count). The Morgan fingerprint density at radius 1 is 1.24 bits per heavy atom. The van der Waals surface area contributed by atoms with E-state index in [1.807, 2.05) is 30.3 Å². The first-order valence-electron chi connectivity index (χ1n) is 5.43. The molecule has 2 aromatic heterocycles. The Hall–Kier alpha value is -2.14. The Balaban J connectivity index is 2.18. The molecular weight excluding hydrogens is 216 g/mol. The monoisotopic (exact) mass is 228 g/mol. The van der Waals surface area contributed by atoms with Crippen molar-refractivity contribution in [1.82, 2.24) is 19.8 Å². The van der Waals surface area contributed by atoms with Gasteiger partial charge in [-0.15, -0.1) is 10.2 Å². The fraction of sp³-hybridized carbons (Fsp3) is 0.167. The van der Waals surface area contributed by atoms with Gasteiger partial charge >= 0.3 is 0 Å². The molecule has 0 fully saturated rings. The van der Waals surface area contributed by atoms with Crippen LogP contribution in [0.25, 0.3) is 17.0 Å². The van der Waals surface area contributed by atoms with Crippen molar-refractivity contribution in [1.29, 1.82) is 0 Å². The lowest BCUT2D eigenvalue weighted by Crippen LogP contribution is -1.95. The molecule has 0 spiro atoms. The van der Waals surface area contributed by atoms with Crippen LogP contribution < -0.4 is 0 Å². The van der Waals surface area contributed by atoms with Crippen molar-refractivity contribution >= 4 is 5.65 Å². The molecule has 17 heavy (non-hydrogen) atoms. The van der Waals surface area contributed by atoms with E-state index in [1.165, 1.54) is 0 Å². The topological polar surface area (TPSA) is 66.2 Å². The van der Waals surface area contributed by atoms with E-state index >= 15 is 0 Å². The summed E-state index contributed by atoms with van der Waals surface area (Å²) in [4.78, 5) is 0. The lowest BCUT2D eigenvalue weighted by atomic mass is 10.2. The molecule has 3 aromatic rings. The second kappa shape index (κ2) is 3.71. The molecule has 0 bridgehead atoms. The molecule has 86 valence electrons. The molecule has 0 aliphatic rings. The van der Waals surface area contributed by atoms with Gasteiger partial charge in [-0.2, -0.15) is 0 Å². The van der Waals surface area contributed by atoms with Gasteiger partial charge in [-0.1, -0.05) is 30.3 Å². The first-order chi connectivity index (χ1) is 8.25. The first kappa shape index (κ1) is 10.0. The summed E-state index contributed by atoms with van der Waals surface area (Å²) in [7, 11) is 0. The molecule has 0 saturated heterocycles. The van der Waals surface area contributed by atoms with E-state index in [0.717, 1.165) is 17.1 Å². The van der Waals surface area contributed by atoms with Gasteiger partial charge in [0.1, 0.15) is 0 Å². The molecule has 0 radical (unpaired) electrons. The highest BCUT2D eigenvalue weighted by atomic mass is 16.3. The lowest BCUT2D eigenvalue weighted by Gasteiger charge is -1.99. The lowest BCUT2D eigenvalue weighted by molar-refractivity contribution is 0.194. The number of fused-ring (bicyclic) bond motifs is 1. The summed E-state index contributed by atoms with van der Waals surface area (Å²) in [6.45, 7) is 1.71. The van der Waals surface area contributed by atoms with E-state index in [9.17, 15) is 5.11 Å². The second-order valence-corrected chi connectivity index (χ2v) is 3.97. The summed E-state index contributed by atoms with van der Waals surface area (Å²) in [5, 5.41) is 20.8. The number of hydrogen-bond acceptors (Lipinski definition) is 3. The Kier molecular flexibility index (Phi) is 2.19. The number of benzene rings is 1. The highest BCUT2D eigenvalue weighted by Gasteiger charge is 2.12. The molecule has 2 N–H and O–H groups in total. The van der Waals surface area contributed by atoms with E-state index in [-0.39, 0.29) is 0 Å². The van der Waals surface area contributed by atoms with E-state index < -0.39 is 6.10 Å². The third-order valence-electron chi connectivity index (χ3n) is 2.70. The fourth-order valence-electron chi connectivity index (χ4n) is 1.79. The minimum atomic E-state index is -0.541. The maximum atomic E-state index is 9.51. The van der Waals surface area contributed by atoms with Crippen LogP contribution in [0.15, 0.2) is 36.4 Å². The Bertz CT molecular complexity index is 639. The maximum Gasteiger partial charge on any atom is 0.183 e. The van der Waals surface area contributed by atoms with Crippen molar-refractivity contribution < 1.29 is 5.11 Å². The number of nitrogens with one attached hydrogen (secondary N) is 1. The van der Waals surface area contributed by atoms with Gasteiger partial charge in [-0.05, 0) is 6.92 Å². The number of nitrogens with zero attached hydrogens (tertiary/aromatic N) is 3. The summed E-state index contributed by atoms with van der Waals surface area (Å²) in [6, 6.07) is 11.6. The molecule has 5 nitrogen and oxygen atoms in total. The SMILES string of the molecule is CC(O)c1cc2nnc(-c3ccccc3)n2[nH]1. The average Bonchev–Trinajstić information content (AvgIpc) is 2.89. The average molecular weight is 228 g/mol. The molecule has 0 amide bonds. The molecule has 0 saturated carbocycles. The standard InChI is InChI=1S/C12H12N4O/c1-8(17)10-7-11-13-14-12(16(11)15-10)9-5-3-2-4-6-9/h2-8,15,17H,1H3. The summed E-state index contributed by atoms with van der Waals surface area (Å²) in [5.41, 5.74) is 2.42. The predicted octanol–water partition coefficient (Wildman–Crippen LogP) is 1.78. The van der Waals surface area contributed by atoms with E-state index in [4.69, 9.17) is 0 Å². The van der Waals surface area contributed by atoms with Crippen LogP contribution in [0.2, 0.25) is 0 Å². The number of aromatic nitrogens is 4. The van der Waals surface area contributed by atoms with Gasteiger partial charge in [0.15, 0.2) is 11.5 Å². The highest BCUT2D eigenvalue weighted by molar-refractivity contribution is 5.58. The largest absolute Gasteiger partial charge is 0.387 e. The molecule has 1 unspecified atom stereocenters. The smallest absolute Gasteiger partial charge is 0.183 e. The van der Waals surface area contributed by atoms with E-state index in [0.29, 0.717) is 5.65 Å². The fourth-order valence-corrected chi connectivity index (χ4v) is 1.79. The van der Waals surface area contributed by atoms with Crippen LogP contribution in [-0.2, 0) is 0 Å². The van der Waals surface area contributed by atoms with Gasteiger partial charge in [0.05, 0.1) is 11.8 Å². The molecule has 0 aliphatic carbocycles. The number of aliphatic hydroxyl groups is 1. The molecular formula is C12H12N4O. The maximum absolute atomic E-state index is 9.51. The van der Waals surface area contributed by atoms with Crippen molar-refractivity contribution in [3.8, 4) is 11.4 Å². The van der Waals surface area contributed by atoms with Gasteiger partial charge < -0.3 is 5.11 Å². The van der Waals surface area contributed by atoms with Gasteiger partial charge in [0.25, 0.3) is 0 Å². The zero-order valence-electron chi connectivity index (χ0n) is 9.33. The van der Waals surface area contributed by atoms with Crippen LogP contribution in [0.3, 0.4) is 0 Å². The number of aliphatic hydroxyl groups excluding tert-OH is 1. The summed E-state index contributed by atoms with van der Waals surface area (Å²) >= 11 is 0. The van der Waals surface area contributed by atoms with Crippen LogP contribution >= 0.6 is 0 Å². The van der Waals surface area contributed by atoms with Crippen LogP contribution in [0.4, 0.5) is 0 Å². The van der Waals surface area contributed by atoms with Gasteiger partial charge in [-0.25, -0.2) is 4.52 Å². The van der Waals surface area contributed by atoms with Crippen molar-refractivity contribution in [2.24, 2.45) is 0 Å². The number of aromatic amines is 1. The summed E-state index contributed by atoms with van der Waals surface area (Å²) in [5.74, 6) is 0.743. The molecule has 1 atom stereocenters. The number of rotatable bonds is 2. The normalized spacial score (nSPS) is 13.1. The van der Waals surface area contributed by atoms with Crippen molar-refractivity contribution in [2.75, 3.05) is 0 Å². The number of H-pyrrole nitrogens is 1. The van der Waals surface area contributed by atoms with Crippen LogP contribution in [-0.4, -0.2) is 24.9 Å².